The zero-order valence-electron chi connectivity index (χ0n) is 10.1. The van der Waals surface area contributed by atoms with E-state index in [1.165, 1.54) is 18.2 Å². The zero-order valence-corrected chi connectivity index (χ0v) is 12.4. The van der Waals surface area contributed by atoms with E-state index in [9.17, 15) is 8.78 Å². The third kappa shape index (κ3) is 3.14. The monoisotopic (exact) mass is 345 g/mol. The van der Waals surface area contributed by atoms with Gasteiger partial charge in [0.2, 0.25) is 0 Å². The quantitative estimate of drug-likeness (QED) is 0.850. The summed E-state index contributed by atoms with van der Waals surface area (Å²) < 4.78 is 27.7. The Balaban J connectivity index is 2.50. The summed E-state index contributed by atoms with van der Waals surface area (Å²) in [5.74, 6) is -0.745. The first-order chi connectivity index (χ1) is 9.02. The molecule has 0 aromatic heterocycles. The predicted octanol–water partition coefficient (Wildman–Crippen LogP) is 4.69. The average Bonchev–Trinajstić information content (AvgIpc) is 2.34. The summed E-state index contributed by atoms with van der Waals surface area (Å²) >= 11 is 9.04. The van der Waals surface area contributed by atoms with E-state index in [-0.39, 0.29) is 11.9 Å². The highest BCUT2D eigenvalue weighted by atomic mass is 79.9. The van der Waals surface area contributed by atoms with Crippen LogP contribution in [0.3, 0.4) is 0 Å². The van der Waals surface area contributed by atoms with Gasteiger partial charge in [-0.1, -0.05) is 39.7 Å². The maximum absolute atomic E-state index is 14.0. The fourth-order valence-corrected chi connectivity index (χ4v) is 2.69. The Morgan fingerprint density at radius 2 is 1.79 bits per heavy atom. The molecule has 0 amide bonds. The molecule has 0 heterocycles. The number of nitrogens with one attached hydrogen (secondary N) is 1. The van der Waals surface area contributed by atoms with Gasteiger partial charge in [-0.05, 0) is 36.9 Å². The number of benzene rings is 2. The minimum Gasteiger partial charge on any atom is -0.309 e. The SMILES string of the molecule is CNC(c1ccc(Cl)cc1F)c1ccc(F)cc1Br. The summed E-state index contributed by atoms with van der Waals surface area (Å²) in [5, 5.41) is 3.36. The van der Waals surface area contributed by atoms with Crippen molar-refractivity contribution in [2.45, 2.75) is 6.04 Å². The van der Waals surface area contributed by atoms with Crippen molar-refractivity contribution in [2.75, 3.05) is 7.05 Å². The van der Waals surface area contributed by atoms with Gasteiger partial charge in [-0.15, -0.1) is 0 Å². The minimum absolute atomic E-state index is 0.342. The molecule has 1 nitrogen and oxygen atoms in total. The average molecular weight is 347 g/mol. The van der Waals surface area contributed by atoms with E-state index >= 15 is 0 Å². The maximum atomic E-state index is 14.0. The molecule has 0 aliphatic heterocycles. The predicted molar refractivity (Wildman–Crippen MR) is 76.4 cm³/mol. The largest absolute Gasteiger partial charge is 0.309 e. The lowest BCUT2D eigenvalue weighted by Gasteiger charge is -2.19. The van der Waals surface area contributed by atoms with Gasteiger partial charge in [0.15, 0.2) is 0 Å². The van der Waals surface area contributed by atoms with Crippen LogP contribution in [-0.2, 0) is 0 Å². The first-order valence-corrected chi connectivity index (χ1v) is 6.77. The normalized spacial score (nSPS) is 12.5. The third-order valence-electron chi connectivity index (χ3n) is 2.84. The molecule has 1 atom stereocenters. The highest BCUT2D eigenvalue weighted by Gasteiger charge is 2.19. The second-order valence-corrected chi connectivity index (χ2v) is 5.34. The second-order valence-electron chi connectivity index (χ2n) is 4.05. The van der Waals surface area contributed by atoms with E-state index in [0.29, 0.717) is 15.1 Å². The van der Waals surface area contributed by atoms with E-state index in [1.807, 2.05) is 0 Å². The molecule has 0 saturated carbocycles. The van der Waals surface area contributed by atoms with Crippen molar-refractivity contribution >= 4 is 27.5 Å². The molecule has 1 N–H and O–H groups in total. The molecule has 0 bridgehead atoms. The standard InChI is InChI=1S/C14H11BrClF2N/c1-19-14(10-5-3-9(17)7-12(10)15)11-4-2-8(16)6-13(11)18/h2-7,14,19H,1H3. The van der Waals surface area contributed by atoms with Gasteiger partial charge in [0.1, 0.15) is 11.6 Å². The smallest absolute Gasteiger partial charge is 0.129 e. The van der Waals surface area contributed by atoms with Crippen LogP contribution in [0.5, 0.6) is 0 Å². The molecule has 100 valence electrons. The summed E-state index contributed by atoms with van der Waals surface area (Å²) in [4.78, 5) is 0. The number of rotatable bonds is 3. The van der Waals surface area contributed by atoms with E-state index in [2.05, 4.69) is 21.2 Å². The molecule has 5 heteroatoms. The van der Waals surface area contributed by atoms with Gasteiger partial charge in [-0.2, -0.15) is 0 Å². The molecular formula is C14H11BrClF2N. The Labute approximate surface area is 123 Å². The van der Waals surface area contributed by atoms with Crippen molar-refractivity contribution < 1.29 is 8.78 Å². The molecule has 0 fully saturated rings. The molecule has 19 heavy (non-hydrogen) atoms. The lowest BCUT2D eigenvalue weighted by molar-refractivity contribution is 0.574. The Morgan fingerprint density at radius 1 is 1.11 bits per heavy atom. The molecule has 0 aliphatic rings. The zero-order chi connectivity index (χ0) is 14.0. The number of hydrogen-bond acceptors (Lipinski definition) is 1. The van der Waals surface area contributed by atoms with Crippen LogP contribution in [0.15, 0.2) is 40.9 Å². The van der Waals surface area contributed by atoms with Gasteiger partial charge in [-0.3, -0.25) is 0 Å². The van der Waals surface area contributed by atoms with Crippen LogP contribution in [0, 0.1) is 11.6 Å². The summed E-state index contributed by atoms with van der Waals surface area (Å²) in [7, 11) is 1.72. The summed E-state index contributed by atoms with van der Waals surface area (Å²) in [6, 6.07) is 8.45. The Hall–Kier alpha value is -0.970. The lowest BCUT2D eigenvalue weighted by atomic mass is 9.98. The van der Waals surface area contributed by atoms with E-state index in [4.69, 9.17) is 11.6 Å². The number of hydrogen-bond donors (Lipinski definition) is 1. The van der Waals surface area contributed by atoms with Crippen molar-refractivity contribution in [2.24, 2.45) is 0 Å². The molecule has 1 unspecified atom stereocenters. The van der Waals surface area contributed by atoms with Crippen LogP contribution < -0.4 is 5.32 Å². The van der Waals surface area contributed by atoms with Crippen LogP contribution in [0.25, 0.3) is 0 Å². The molecule has 2 rings (SSSR count). The van der Waals surface area contributed by atoms with E-state index in [1.54, 1.807) is 25.2 Å². The first kappa shape index (κ1) is 14.4. The molecule has 2 aromatic carbocycles. The van der Waals surface area contributed by atoms with Gasteiger partial charge >= 0.3 is 0 Å². The van der Waals surface area contributed by atoms with Gasteiger partial charge in [0.25, 0.3) is 0 Å². The van der Waals surface area contributed by atoms with E-state index < -0.39 is 5.82 Å². The molecule has 0 aliphatic carbocycles. The summed E-state index contributed by atoms with van der Waals surface area (Å²) in [6.07, 6.45) is 0. The molecule has 0 radical (unpaired) electrons. The van der Waals surface area contributed by atoms with Crippen molar-refractivity contribution in [1.82, 2.24) is 5.32 Å². The van der Waals surface area contributed by atoms with Crippen LogP contribution in [-0.4, -0.2) is 7.05 Å². The van der Waals surface area contributed by atoms with Crippen molar-refractivity contribution in [1.29, 1.82) is 0 Å². The van der Waals surface area contributed by atoms with Crippen molar-refractivity contribution in [3.05, 3.63) is 68.7 Å². The third-order valence-corrected chi connectivity index (χ3v) is 3.76. The van der Waals surface area contributed by atoms with Gasteiger partial charge < -0.3 is 5.32 Å². The van der Waals surface area contributed by atoms with Gasteiger partial charge in [0.05, 0.1) is 6.04 Å². The van der Waals surface area contributed by atoms with Crippen LogP contribution in [0.1, 0.15) is 17.2 Å². The second kappa shape index (κ2) is 5.99. The van der Waals surface area contributed by atoms with Crippen molar-refractivity contribution in [3.63, 3.8) is 0 Å². The fraction of sp³-hybridized carbons (Fsp3) is 0.143. The Morgan fingerprint density at radius 3 is 2.37 bits per heavy atom. The topological polar surface area (TPSA) is 12.0 Å². The lowest BCUT2D eigenvalue weighted by Crippen LogP contribution is -2.19. The van der Waals surface area contributed by atoms with E-state index in [0.717, 1.165) is 5.56 Å². The van der Waals surface area contributed by atoms with Crippen LogP contribution in [0.2, 0.25) is 5.02 Å². The molecular weight excluding hydrogens is 336 g/mol. The molecule has 2 aromatic rings. The van der Waals surface area contributed by atoms with Gasteiger partial charge in [0, 0.05) is 15.1 Å². The molecule has 0 saturated heterocycles. The highest BCUT2D eigenvalue weighted by Crippen LogP contribution is 2.31. The fourth-order valence-electron chi connectivity index (χ4n) is 1.95. The van der Waals surface area contributed by atoms with Gasteiger partial charge in [-0.25, -0.2) is 8.78 Å². The molecule has 0 spiro atoms. The Bertz CT molecular complexity index is 552. The van der Waals surface area contributed by atoms with Crippen LogP contribution >= 0.6 is 27.5 Å². The van der Waals surface area contributed by atoms with Crippen LogP contribution in [0.4, 0.5) is 8.78 Å². The highest BCUT2D eigenvalue weighted by molar-refractivity contribution is 9.10. The van der Waals surface area contributed by atoms with Crippen molar-refractivity contribution in [3.8, 4) is 0 Å². The summed E-state index contributed by atoms with van der Waals surface area (Å²) in [6.45, 7) is 0. The minimum atomic E-state index is -0.400. The number of halogens is 4. The summed E-state index contributed by atoms with van der Waals surface area (Å²) in [5.41, 5.74) is 1.21. The maximum Gasteiger partial charge on any atom is 0.129 e. The Kier molecular flexibility index (Phi) is 4.55. The first-order valence-electron chi connectivity index (χ1n) is 5.60.